The minimum atomic E-state index is -0.265. The third-order valence-corrected chi connectivity index (χ3v) is 6.57. The quantitative estimate of drug-likeness (QED) is 0.383. The summed E-state index contributed by atoms with van der Waals surface area (Å²) in [6, 6.07) is 19.7. The van der Waals surface area contributed by atoms with E-state index in [1.807, 2.05) is 60.0 Å². The fourth-order valence-electron chi connectivity index (χ4n) is 3.88. The molecule has 0 aliphatic carbocycles. The first-order valence-electron chi connectivity index (χ1n) is 10.7. The molecule has 5 rings (SSSR count). The molecular weight excluding hydrogens is 434 g/mol. The zero-order valence-electron chi connectivity index (χ0n) is 18.4. The zero-order chi connectivity index (χ0) is 22.8. The van der Waals surface area contributed by atoms with Gasteiger partial charge in [-0.2, -0.15) is 5.10 Å². The van der Waals surface area contributed by atoms with Gasteiger partial charge in [0.05, 0.1) is 23.4 Å². The molecule has 2 aromatic carbocycles. The lowest BCUT2D eigenvalue weighted by atomic mass is 10.0. The monoisotopic (exact) mass is 457 g/mol. The van der Waals surface area contributed by atoms with Crippen molar-refractivity contribution in [3.63, 3.8) is 0 Å². The number of aryl methyl sites for hydroxylation is 2. The van der Waals surface area contributed by atoms with Gasteiger partial charge in [-0.15, -0.1) is 10.2 Å². The van der Waals surface area contributed by atoms with Crippen LogP contribution >= 0.6 is 11.8 Å². The second kappa shape index (κ2) is 9.07. The number of furan rings is 1. The number of nitrogens with zero attached hydrogens (tertiary/aromatic N) is 5. The largest absolute Gasteiger partial charge is 0.467 e. The molecule has 166 valence electrons. The molecule has 1 aliphatic rings. The Balaban J connectivity index is 1.37. The Kier molecular flexibility index (Phi) is 5.83. The van der Waals surface area contributed by atoms with Gasteiger partial charge in [-0.1, -0.05) is 59.8 Å². The number of carbonyl (C=O) groups is 1. The van der Waals surface area contributed by atoms with Gasteiger partial charge in [-0.25, -0.2) is 5.01 Å². The summed E-state index contributed by atoms with van der Waals surface area (Å²) >= 11 is 1.35. The van der Waals surface area contributed by atoms with Crippen LogP contribution in [0.15, 0.2) is 87.9 Å². The summed E-state index contributed by atoms with van der Waals surface area (Å²) in [4.78, 5) is 13.3. The molecule has 3 heterocycles. The average molecular weight is 458 g/mol. The zero-order valence-corrected chi connectivity index (χ0v) is 19.2. The molecule has 1 atom stereocenters. The molecule has 4 aromatic rings. The van der Waals surface area contributed by atoms with Gasteiger partial charge < -0.3 is 4.42 Å². The van der Waals surface area contributed by atoms with Crippen LogP contribution < -0.4 is 0 Å². The highest BCUT2D eigenvalue weighted by molar-refractivity contribution is 7.99. The summed E-state index contributed by atoms with van der Waals surface area (Å²) in [5.74, 6) is 0.803. The number of carbonyl (C=O) groups excluding carboxylic acids is 1. The van der Waals surface area contributed by atoms with Crippen LogP contribution in [0.3, 0.4) is 0 Å². The van der Waals surface area contributed by atoms with Gasteiger partial charge in [-0.05, 0) is 43.2 Å². The number of para-hydroxylation sites is 1. The van der Waals surface area contributed by atoms with Crippen LogP contribution in [0.25, 0.3) is 5.69 Å². The standard InChI is InChI=1S/C25H23N5O2S/c1-17-9-11-19(12-10-17)20-14-22(23-8-5-13-32-23)30(28-20)24(31)15-33-25-27-26-16-29(25)21-7-4-3-6-18(21)2/h3-13,16,22H,14-15H2,1-2H3. The van der Waals surface area contributed by atoms with Crippen molar-refractivity contribution in [3.05, 3.63) is 95.7 Å². The number of hydrogen-bond donors (Lipinski definition) is 0. The number of thioether (sulfide) groups is 1. The van der Waals surface area contributed by atoms with Crippen LogP contribution in [0.1, 0.15) is 34.9 Å². The molecule has 0 fully saturated rings. The third kappa shape index (κ3) is 4.34. The molecule has 0 spiro atoms. The lowest BCUT2D eigenvalue weighted by Crippen LogP contribution is -2.28. The van der Waals surface area contributed by atoms with Crippen LogP contribution in [0.4, 0.5) is 0 Å². The fraction of sp³-hybridized carbons (Fsp3) is 0.200. The van der Waals surface area contributed by atoms with Crippen LogP contribution in [0.5, 0.6) is 0 Å². The molecule has 2 aromatic heterocycles. The summed E-state index contributed by atoms with van der Waals surface area (Å²) in [5.41, 5.74) is 5.17. The summed E-state index contributed by atoms with van der Waals surface area (Å²) in [7, 11) is 0. The Labute approximate surface area is 196 Å². The number of hydrazone groups is 1. The van der Waals surface area contributed by atoms with Crippen molar-refractivity contribution < 1.29 is 9.21 Å². The lowest BCUT2D eigenvalue weighted by Gasteiger charge is -2.19. The number of amides is 1. The van der Waals surface area contributed by atoms with Gasteiger partial charge in [0.25, 0.3) is 5.91 Å². The van der Waals surface area contributed by atoms with E-state index in [1.54, 1.807) is 17.6 Å². The second-order valence-electron chi connectivity index (χ2n) is 7.95. The maximum absolute atomic E-state index is 13.3. The first-order valence-corrected chi connectivity index (χ1v) is 11.7. The molecule has 0 saturated carbocycles. The molecule has 1 aliphatic heterocycles. The predicted molar refractivity (Wildman–Crippen MR) is 127 cm³/mol. The number of rotatable bonds is 6. The highest BCUT2D eigenvalue weighted by Crippen LogP contribution is 2.34. The van der Waals surface area contributed by atoms with Crippen molar-refractivity contribution in [1.29, 1.82) is 0 Å². The van der Waals surface area contributed by atoms with E-state index >= 15 is 0 Å². The Hall–Kier alpha value is -3.65. The molecular formula is C25H23N5O2S. The van der Waals surface area contributed by atoms with Crippen LogP contribution in [-0.2, 0) is 4.79 Å². The Morgan fingerprint density at radius 3 is 2.67 bits per heavy atom. The SMILES string of the molecule is Cc1ccc(C2=NN(C(=O)CSc3nncn3-c3ccccc3C)C(c3ccco3)C2)cc1. The highest BCUT2D eigenvalue weighted by Gasteiger charge is 2.35. The van der Waals surface area contributed by atoms with Gasteiger partial charge in [0.15, 0.2) is 5.16 Å². The summed E-state index contributed by atoms with van der Waals surface area (Å²) in [6.45, 7) is 4.09. The molecule has 0 N–H and O–H groups in total. The maximum atomic E-state index is 13.3. The number of benzene rings is 2. The molecule has 33 heavy (non-hydrogen) atoms. The normalized spacial score (nSPS) is 15.6. The molecule has 1 amide bonds. The fourth-order valence-corrected chi connectivity index (χ4v) is 4.65. The van der Waals surface area contributed by atoms with Crippen molar-refractivity contribution in [2.24, 2.45) is 5.10 Å². The topological polar surface area (TPSA) is 76.5 Å². The Morgan fingerprint density at radius 1 is 1.09 bits per heavy atom. The van der Waals surface area contributed by atoms with Crippen molar-refractivity contribution in [2.45, 2.75) is 31.5 Å². The lowest BCUT2D eigenvalue weighted by molar-refractivity contribution is -0.130. The molecule has 0 saturated heterocycles. The molecule has 7 nitrogen and oxygen atoms in total. The number of aromatic nitrogens is 3. The van der Waals surface area contributed by atoms with E-state index in [0.29, 0.717) is 11.6 Å². The summed E-state index contributed by atoms with van der Waals surface area (Å²) in [6.07, 6.45) is 3.90. The van der Waals surface area contributed by atoms with E-state index in [0.717, 1.165) is 28.3 Å². The summed E-state index contributed by atoms with van der Waals surface area (Å²) < 4.78 is 7.55. The Morgan fingerprint density at radius 2 is 1.91 bits per heavy atom. The van der Waals surface area contributed by atoms with E-state index in [1.165, 1.54) is 17.3 Å². The molecule has 8 heteroatoms. The van der Waals surface area contributed by atoms with E-state index in [-0.39, 0.29) is 17.7 Å². The third-order valence-electron chi connectivity index (χ3n) is 5.64. The van der Waals surface area contributed by atoms with Gasteiger partial charge >= 0.3 is 0 Å². The molecule has 0 bridgehead atoms. The first-order chi connectivity index (χ1) is 16.1. The minimum Gasteiger partial charge on any atom is -0.467 e. The Bertz CT molecular complexity index is 1290. The van der Waals surface area contributed by atoms with Crippen molar-refractivity contribution in [2.75, 3.05) is 5.75 Å². The predicted octanol–water partition coefficient (Wildman–Crippen LogP) is 4.95. The summed E-state index contributed by atoms with van der Waals surface area (Å²) in [5, 5.41) is 15.2. The molecule has 0 radical (unpaired) electrons. The van der Waals surface area contributed by atoms with E-state index in [4.69, 9.17) is 9.52 Å². The van der Waals surface area contributed by atoms with E-state index in [9.17, 15) is 4.79 Å². The smallest absolute Gasteiger partial charge is 0.253 e. The average Bonchev–Trinajstić information content (AvgIpc) is 3.59. The van der Waals surface area contributed by atoms with Gasteiger partial charge in [0, 0.05) is 6.42 Å². The van der Waals surface area contributed by atoms with Crippen molar-refractivity contribution in [3.8, 4) is 5.69 Å². The van der Waals surface area contributed by atoms with Crippen LogP contribution in [-0.4, -0.2) is 37.1 Å². The van der Waals surface area contributed by atoms with Crippen molar-refractivity contribution >= 4 is 23.4 Å². The maximum Gasteiger partial charge on any atom is 0.253 e. The first kappa shape index (κ1) is 21.2. The van der Waals surface area contributed by atoms with Crippen LogP contribution in [0.2, 0.25) is 0 Å². The van der Waals surface area contributed by atoms with E-state index < -0.39 is 0 Å². The van der Waals surface area contributed by atoms with E-state index in [2.05, 4.69) is 29.3 Å². The van der Waals surface area contributed by atoms with Gasteiger partial charge in [0.2, 0.25) is 0 Å². The number of hydrogen-bond acceptors (Lipinski definition) is 6. The minimum absolute atomic E-state index is 0.108. The van der Waals surface area contributed by atoms with Crippen LogP contribution in [0, 0.1) is 13.8 Å². The highest BCUT2D eigenvalue weighted by atomic mass is 32.2. The van der Waals surface area contributed by atoms with Gasteiger partial charge in [-0.3, -0.25) is 9.36 Å². The second-order valence-corrected chi connectivity index (χ2v) is 8.89. The van der Waals surface area contributed by atoms with Gasteiger partial charge in [0.1, 0.15) is 18.1 Å². The van der Waals surface area contributed by atoms with Crippen molar-refractivity contribution in [1.82, 2.24) is 19.8 Å². The molecule has 1 unspecified atom stereocenters.